The van der Waals surface area contributed by atoms with Crippen molar-refractivity contribution in [2.75, 3.05) is 7.11 Å². The fourth-order valence-corrected chi connectivity index (χ4v) is 1.79. The van der Waals surface area contributed by atoms with Gasteiger partial charge in [-0.3, -0.25) is 0 Å². The third-order valence-electron chi connectivity index (χ3n) is 2.28. The van der Waals surface area contributed by atoms with Crippen molar-refractivity contribution in [1.29, 1.82) is 0 Å². The highest BCUT2D eigenvalue weighted by molar-refractivity contribution is 6.41. The molecule has 1 aromatic heterocycles. The van der Waals surface area contributed by atoms with Crippen LogP contribution in [0.15, 0.2) is 11.3 Å². The molecule has 0 amide bonds. The van der Waals surface area contributed by atoms with Gasteiger partial charge >= 0.3 is 5.97 Å². The van der Waals surface area contributed by atoms with Crippen LogP contribution < -0.4 is 0 Å². The van der Waals surface area contributed by atoms with Crippen molar-refractivity contribution in [3.63, 3.8) is 0 Å². The lowest BCUT2D eigenvalue weighted by atomic mass is 10.0. The Morgan fingerprint density at radius 3 is 2.87 bits per heavy atom. The van der Waals surface area contributed by atoms with Gasteiger partial charge in [-0.25, -0.2) is 19.8 Å². The summed E-state index contributed by atoms with van der Waals surface area (Å²) in [4.78, 5) is 23.2. The molecule has 0 saturated heterocycles. The monoisotopic (exact) mass is 225 g/mol. The third kappa shape index (κ3) is 1.48. The van der Waals surface area contributed by atoms with Gasteiger partial charge in [0.15, 0.2) is 5.82 Å². The number of ether oxygens (including phenoxy) is 1. The first kappa shape index (κ1) is 10.0. The number of carbonyl (C=O) groups excluding carboxylic acids is 1. The lowest BCUT2D eigenvalue weighted by Gasteiger charge is -2.06. The maximum Gasteiger partial charge on any atom is 0.353 e. The highest BCUT2D eigenvalue weighted by Gasteiger charge is 2.32. The Labute approximate surface area is 91.2 Å². The van der Waals surface area contributed by atoms with Crippen molar-refractivity contribution in [2.24, 2.45) is 4.99 Å². The Balaban J connectivity index is 2.48. The number of fused-ring (bicyclic) bond motifs is 1. The average molecular weight is 226 g/mol. The number of nitrogens with zero attached hydrogens (tertiary/aromatic N) is 3. The molecule has 0 bridgehead atoms. The van der Waals surface area contributed by atoms with E-state index >= 15 is 0 Å². The molecular weight excluding hydrogens is 218 g/mol. The van der Waals surface area contributed by atoms with Gasteiger partial charge < -0.3 is 4.74 Å². The van der Waals surface area contributed by atoms with E-state index in [-0.39, 0.29) is 5.92 Å². The summed E-state index contributed by atoms with van der Waals surface area (Å²) >= 11 is 5.90. The van der Waals surface area contributed by atoms with Gasteiger partial charge in [0.2, 0.25) is 0 Å². The van der Waals surface area contributed by atoms with Crippen LogP contribution in [0.25, 0.3) is 0 Å². The summed E-state index contributed by atoms with van der Waals surface area (Å²) in [5, 5.41) is 0.329. The zero-order valence-corrected chi connectivity index (χ0v) is 8.95. The standard InChI is InChI=1S/C9H8ClN3O2/c1-4-5-7(10)11-3-12-8(5)13-6(4)9(14)15-2/h3-4H,1-2H3. The van der Waals surface area contributed by atoms with E-state index in [2.05, 4.69) is 19.7 Å². The largest absolute Gasteiger partial charge is 0.465 e. The molecule has 2 heterocycles. The summed E-state index contributed by atoms with van der Waals surface area (Å²) in [6.07, 6.45) is 1.32. The molecule has 0 aliphatic carbocycles. The number of methoxy groups -OCH3 is 1. The molecule has 1 unspecified atom stereocenters. The van der Waals surface area contributed by atoms with E-state index in [9.17, 15) is 4.79 Å². The van der Waals surface area contributed by atoms with E-state index in [0.29, 0.717) is 22.2 Å². The zero-order valence-electron chi connectivity index (χ0n) is 8.19. The molecule has 78 valence electrons. The van der Waals surface area contributed by atoms with Crippen LogP contribution >= 0.6 is 11.6 Å². The predicted octanol–water partition coefficient (Wildman–Crippen LogP) is 1.49. The van der Waals surface area contributed by atoms with Gasteiger partial charge in [-0.15, -0.1) is 0 Å². The molecule has 15 heavy (non-hydrogen) atoms. The van der Waals surface area contributed by atoms with Crippen molar-refractivity contribution in [3.05, 3.63) is 17.0 Å². The third-order valence-corrected chi connectivity index (χ3v) is 2.58. The van der Waals surface area contributed by atoms with E-state index in [1.54, 1.807) is 0 Å². The number of aromatic nitrogens is 2. The van der Waals surface area contributed by atoms with Crippen molar-refractivity contribution < 1.29 is 9.53 Å². The molecule has 6 heteroatoms. The van der Waals surface area contributed by atoms with Crippen molar-refractivity contribution in [1.82, 2.24) is 9.97 Å². The summed E-state index contributed by atoms with van der Waals surface area (Å²) in [6, 6.07) is 0. The van der Waals surface area contributed by atoms with Crippen LogP contribution in [0.3, 0.4) is 0 Å². The number of rotatable bonds is 1. The van der Waals surface area contributed by atoms with E-state index in [0.717, 1.165) is 0 Å². The lowest BCUT2D eigenvalue weighted by molar-refractivity contribution is -0.132. The summed E-state index contributed by atoms with van der Waals surface area (Å²) in [5.41, 5.74) is 0.995. The van der Waals surface area contributed by atoms with E-state index in [1.807, 2.05) is 6.92 Å². The first-order valence-electron chi connectivity index (χ1n) is 4.32. The van der Waals surface area contributed by atoms with Gasteiger partial charge in [-0.2, -0.15) is 0 Å². The van der Waals surface area contributed by atoms with Crippen molar-refractivity contribution in [3.8, 4) is 0 Å². The first-order chi connectivity index (χ1) is 7.15. The molecule has 0 spiro atoms. The maximum absolute atomic E-state index is 11.4. The Kier molecular flexibility index (Phi) is 2.40. The molecule has 0 fully saturated rings. The van der Waals surface area contributed by atoms with Gasteiger partial charge in [-0.05, 0) is 0 Å². The molecule has 1 aromatic rings. The summed E-state index contributed by atoms with van der Waals surface area (Å²) < 4.78 is 4.61. The Bertz CT molecular complexity index is 459. The van der Waals surface area contributed by atoms with Crippen LogP contribution in [0, 0.1) is 0 Å². The second kappa shape index (κ2) is 3.58. The van der Waals surface area contributed by atoms with Gasteiger partial charge in [0.1, 0.15) is 17.2 Å². The smallest absolute Gasteiger partial charge is 0.353 e. The van der Waals surface area contributed by atoms with Gasteiger partial charge in [0.25, 0.3) is 0 Å². The molecule has 1 aliphatic rings. The second-order valence-electron chi connectivity index (χ2n) is 3.11. The van der Waals surface area contributed by atoms with Crippen LogP contribution in [0.5, 0.6) is 0 Å². The molecule has 0 aromatic carbocycles. The molecular formula is C9H8ClN3O2. The highest BCUT2D eigenvalue weighted by Crippen LogP contribution is 2.37. The van der Waals surface area contributed by atoms with E-state index in [4.69, 9.17) is 11.6 Å². The first-order valence-corrected chi connectivity index (χ1v) is 4.70. The normalized spacial score (nSPS) is 18.3. The van der Waals surface area contributed by atoms with Crippen LogP contribution in [-0.4, -0.2) is 28.8 Å². The molecule has 2 rings (SSSR count). The van der Waals surface area contributed by atoms with Crippen LogP contribution in [0.4, 0.5) is 5.82 Å². The lowest BCUT2D eigenvalue weighted by Crippen LogP contribution is -2.19. The fraction of sp³-hybridized carbons (Fsp3) is 0.333. The molecule has 0 radical (unpaired) electrons. The molecule has 1 atom stereocenters. The van der Waals surface area contributed by atoms with E-state index in [1.165, 1.54) is 13.4 Å². The molecule has 0 saturated carbocycles. The minimum atomic E-state index is -0.462. The van der Waals surface area contributed by atoms with Crippen LogP contribution in [-0.2, 0) is 9.53 Å². The average Bonchev–Trinajstić information content (AvgIpc) is 2.56. The number of halogens is 1. The van der Waals surface area contributed by atoms with Gasteiger partial charge in [0.05, 0.1) is 7.11 Å². The predicted molar refractivity (Wildman–Crippen MR) is 54.6 cm³/mol. The Hall–Kier alpha value is -1.49. The zero-order chi connectivity index (χ0) is 11.0. The van der Waals surface area contributed by atoms with Crippen LogP contribution in [0.1, 0.15) is 18.4 Å². The minimum absolute atomic E-state index is 0.221. The second-order valence-corrected chi connectivity index (χ2v) is 3.47. The number of aliphatic imine (C=N–C) groups is 1. The number of esters is 1. The summed E-state index contributed by atoms with van der Waals surface area (Å²) in [6.45, 7) is 1.82. The van der Waals surface area contributed by atoms with Crippen molar-refractivity contribution in [2.45, 2.75) is 12.8 Å². The summed E-state index contributed by atoms with van der Waals surface area (Å²) in [7, 11) is 1.31. The van der Waals surface area contributed by atoms with E-state index < -0.39 is 5.97 Å². The maximum atomic E-state index is 11.4. The van der Waals surface area contributed by atoms with Crippen molar-refractivity contribution >= 4 is 29.1 Å². The Morgan fingerprint density at radius 1 is 1.53 bits per heavy atom. The SMILES string of the molecule is COC(=O)C1=Nc2ncnc(Cl)c2C1C. The minimum Gasteiger partial charge on any atom is -0.465 e. The van der Waals surface area contributed by atoms with Gasteiger partial charge in [-0.1, -0.05) is 18.5 Å². The van der Waals surface area contributed by atoms with Crippen LogP contribution in [0.2, 0.25) is 5.15 Å². The van der Waals surface area contributed by atoms with Gasteiger partial charge in [0, 0.05) is 11.5 Å². The number of hydrogen-bond donors (Lipinski definition) is 0. The molecule has 5 nitrogen and oxygen atoms in total. The highest BCUT2D eigenvalue weighted by atomic mass is 35.5. The molecule has 1 aliphatic heterocycles. The topological polar surface area (TPSA) is 64.4 Å². The summed E-state index contributed by atoms with van der Waals surface area (Å²) in [5.74, 6) is -0.236. The number of carbonyl (C=O) groups is 1. The molecule has 0 N–H and O–H groups in total. The quantitative estimate of drug-likeness (QED) is 0.537. The fourth-order valence-electron chi connectivity index (χ4n) is 1.50. The Morgan fingerprint density at radius 2 is 2.27 bits per heavy atom. The number of hydrogen-bond acceptors (Lipinski definition) is 5.